The molecule has 0 bridgehead atoms. The SMILES string of the molecule is Cn1cc(COC(=O)CCCC(=O)c2ccc(F)cc2)cn1. The van der Waals surface area contributed by atoms with E-state index in [0.717, 1.165) is 5.56 Å². The number of benzene rings is 1. The summed E-state index contributed by atoms with van der Waals surface area (Å²) in [6.45, 7) is 0.179. The van der Waals surface area contributed by atoms with Gasteiger partial charge in [0.05, 0.1) is 6.20 Å². The Hall–Kier alpha value is -2.50. The van der Waals surface area contributed by atoms with Crippen molar-refractivity contribution >= 4 is 11.8 Å². The molecule has 1 aromatic heterocycles. The number of aromatic nitrogens is 2. The molecule has 6 heteroatoms. The van der Waals surface area contributed by atoms with E-state index >= 15 is 0 Å². The number of Topliss-reactive ketones (excluding diaryl/α,β-unsaturated/α-hetero) is 1. The van der Waals surface area contributed by atoms with E-state index in [0.29, 0.717) is 12.0 Å². The van der Waals surface area contributed by atoms with Crippen molar-refractivity contribution in [2.75, 3.05) is 0 Å². The van der Waals surface area contributed by atoms with Crippen LogP contribution in [0.1, 0.15) is 35.2 Å². The topological polar surface area (TPSA) is 61.2 Å². The second kappa shape index (κ2) is 7.49. The number of carbonyl (C=O) groups is 2. The molecule has 116 valence electrons. The summed E-state index contributed by atoms with van der Waals surface area (Å²) < 4.78 is 19.5. The first-order valence-corrected chi connectivity index (χ1v) is 6.96. The highest BCUT2D eigenvalue weighted by atomic mass is 19.1. The van der Waals surface area contributed by atoms with Gasteiger partial charge in [0.25, 0.3) is 0 Å². The molecular weight excluding hydrogens is 287 g/mol. The Bertz CT molecular complexity index is 650. The third-order valence-corrected chi connectivity index (χ3v) is 3.11. The number of carbonyl (C=O) groups excluding carboxylic acids is 2. The van der Waals surface area contributed by atoms with E-state index in [1.165, 1.54) is 24.3 Å². The summed E-state index contributed by atoms with van der Waals surface area (Å²) in [5.74, 6) is -0.841. The van der Waals surface area contributed by atoms with Gasteiger partial charge in [0, 0.05) is 37.2 Å². The summed E-state index contributed by atoms with van der Waals surface area (Å²) in [5.41, 5.74) is 1.27. The summed E-state index contributed by atoms with van der Waals surface area (Å²) in [5, 5.41) is 3.97. The van der Waals surface area contributed by atoms with Gasteiger partial charge in [-0.2, -0.15) is 5.10 Å². The van der Waals surface area contributed by atoms with E-state index in [2.05, 4.69) is 5.10 Å². The fraction of sp³-hybridized carbons (Fsp3) is 0.312. The highest BCUT2D eigenvalue weighted by Gasteiger charge is 2.09. The van der Waals surface area contributed by atoms with Crippen LogP contribution in [0.25, 0.3) is 0 Å². The van der Waals surface area contributed by atoms with Gasteiger partial charge in [-0.15, -0.1) is 0 Å². The molecule has 0 atom stereocenters. The van der Waals surface area contributed by atoms with Crippen LogP contribution >= 0.6 is 0 Å². The molecule has 0 aliphatic heterocycles. The zero-order valence-corrected chi connectivity index (χ0v) is 12.3. The van der Waals surface area contributed by atoms with Crippen LogP contribution in [0, 0.1) is 5.82 Å². The van der Waals surface area contributed by atoms with E-state index < -0.39 is 0 Å². The zero-order valence-electron chi connectivity index (χ0n) is 12.3. The predicted molar refractivity (Wildman–Crippen MR) is 77.6 cm³/mol. The average molecular weight is 304 g/mol. The minimum atomic E-state index is -0.379. The van der Waals surface area contributed by atoms with Crippen molar-refractivity contribution in [3.63, 3.8) is 0 Å². The highest BCUT2D eigenvalue weighted by molar-refractivity contribution is 5.96. The van der Waals surface area contributed by atoms with Gasteiger partial charge in [-0.05, 0) is 30.7 Å². The van der Waals surface area contributed by atoms with Crippen molar-refractivity contribution in [3.8, 4) is 0 Å². The van der Waals surface area contributed by atoms with Crippen molar-refractivity contribution in [2.24, 2.45) is 7.05 Å². The van der Waals surface area contributed by atoms with Gasteiger partial charge < -0.3 is 4.74 Å². The monoisotopic (exact) mass is 304 g/mol. The molecular formula is C16H17FN2O3. The Labute approximate surface area is 127 Å². The molecule has 0 aliphatic rings. The molecule has 0 amide bonds. The van der Waals surface area contributed by atoms with E-state index in [1.54, 1.807) is 24.1 Å². The molecule has 0 saturated heterocycles. The summed E-state index contributed by atoms with van der Waals surface area (Å²) in [7, 11) is 1.78. The maximum atomic E-state index is 12.8. The third kappa shape index (κ3) is 4.80. The van der Waals surface area contributed by atoms with Crippen molar-refractivity contribution in [1.29, 1.82) is 0 Å². The first kappa shape index (κ1) is 15.9. The molecule has 0 saturated carbocycles. The van der Waals surface area contributed by atoms with Crippen LogP contribution in [-0.4, -0.2) is 21.5 Å². The molecule has 1 heterocycles. The van der Waals surface area contributed by atoms with Crippen LogP contribution in [0.5, 0.6) is 0 Å². The van der Waals surface area contributed by atoms with Crippen LogP contribution in [0.3, 0.4) is 0 Å². The van der Waals surface area contributed by atoms with Crippen LogP contribution in [0.2, 0.25) is 0 Å². The van der Waals surface area contributed by atoms with Gasteiger partial charge in [0.1, 0.15) is 12.4 Å². The Balaban J connectivity index is 1.68. The molecule has 0 radical (unpaired) electrons. The number of nitrogens with zero attached hydrogens (tertiary/aromatic N) is 2. The predicted octanol–water partition coefficient (Wildman–Crippen LogP) is 2.66. The standard InChI is InChI=1S/C16H17FN2O3/c1-19-10-12(9-18-19)11-22-16(21)4-2-3-15(20)13-5-7-14(17)8-6-13/h5-10H,2-4,11H2,1H3. The van der Waals surface area contributed by atoms with Crippen LogP contribution in [0.15, 0.2) is 36.7 Å². The molecule has 0 aliphatic carbocycles. The van der Waals surface area contributed by atoms with Crippen molar-refractivity contribution in [2.45, 2.75) is 25.9 Å². The van der Waals surface area contributed by atoms with E-state index in [-0.39, 0.29) is 37.0 Å². The second-order valence-corrected chi connectivity index (χ2v) is 4.97. The number of ketones is 1. The molecule has 0 unspecified atom stereocenters. The molecule has 5 nitrogen and oxygen atoms in total. The minimum Gasteiger partial charge on any atom is -0.461 e. The van der Waals surface area contributed by atoms with Gasteiger partial charge in [0.2, 0.25) is 0 Å². The van der Waals surface area contributed by atoms with Crippen molar-refractivity contribution < 1.29 is 18.7 Å². The minimum absolute atomic E-state index is 0.111. The van der Waals surface area contributed by atoms with Gasteiger partial charge in [-0.25, -0.2) is 4.39 Å². The number of ether oxygens (including phenoxy) is 1. The van der Waals surface area contributed by atoms with Crippen molar-refractivity contribution in [1.82, 2.24) is 9.78 Å². The van der Waals surface area contributed by atoms with Crippen molar-refractivity contribution in [3.05, 3.63) is 53.6 Å². The molecule has 0 fully saturated rings. The maximum Gasteiger partial charge on any atom is 0.306 e. The number of esters is 1. The number of hydrogen-bond acceptors (Lipinski definition) is 4. The normalized spacial score (nSPS) is 10.5. The molecule has 22 heavy (non-hydrogen) atoms. The van der Waals surface area contributed by atoms with Crippen LogP contribution < -0.4 is 0 Å². The first-order chi connectivity index (χ1) is 10.5. The van der Waals surface area contributed by atoms with Gasteiger partial charge in [-0.3, -0.25) is 14.3 Å². The van der Waals surface area contributed by atoms with E-state index in [1.807, 2.05) is 0 Å². The summed E-state index contributed by atoms with van der Waals surface area (Å²) in [6, 6.07) is 5.38. The molecule has 2 rings (SSSR count). The quantitative estimate of drug-likeness (QED) is 0.583. The number of hydrogen-bond donors (Lipinski definition) is 0. The van der Waals surface area contributed by atoms with Crippen LogP contribution in [-0.2, 0) is 23.2 Å². The number of aryl methyl sites for hydroxylation is 1. The van der Waals surface area contributed by atoms with E-state index in [4.69, 9.17) is 4.74 Å². The van der Waals surface area contributed by atoms with Gasteiger partial charge in [-0.1, -0.05) is 0 Å². The molecule has 2 aromatic rings. The summed E-state index contributed by atoms with van der Waals surface area (Å²) >= 11 is 0. The van der Waals surface area contributed by atoms with Gasteiger partial charge >= 0.3 is 5.97 Å². The smallest absolute Gasteiger partial charge is 0.306 e. The summed E-state index contributed by atoms with van der Waals surface area (Å²) in [4.78, 5) is 23.4. The summed E-state index contributed by atoms with van der Waals surface area (Å²) in [6.07, 6.45) is 4.21. The lowest BCUT2D eigenvalue weighted by Gasteiger charge is -2.03. The average Bonchev–Trinajstić information content (AvgIpc) is 2.91. The molecule has 0 N–H and O–H groups in total. The Morgan fingerprint density at radius 1 is 1.23 bits per heavy atom. The Kier molecular flexibility index (Phi) is 5.41. The number of halogens is 1. The largest absolute Gasteiger partial charge is 0.461 e. The Morgan fingerprint density at radius 2 is 1.95 bits per heavy atom. The molecule has 0 spiro atoms. The third-order valence-electron chi connectivity index (χ3n) is 3.11. The first-order valence-electron chi connectivity index (χ1n) is 6.96. The van der Waals surface area contributed by atoms with E-state index in [9.17, 15) is 14.0 Å². The Morgan fingerprint density at radius 3 is 2.59 bits per heavy atom. The lowest BCUT2D eigenvalue weighted by atomic mass is 10.1. The fourth-order valence-corrected chi connectivity index (χ4v) is 1.96. The lowest BCUT2D eigenvalue weighted by Crippen LogP contribution is -2.06. The zero-order chi connectivity index (χ0) is 15.9. The molecule has 1 aromatic carbocycles. The highest BCUT2D eigenvalue weighted by Crippen LogP contribution is 2.09. The number of rotatable bonds is 7. The maximum absolute atomic E-state index is 12.8. The second-order valence-electron chi connectivity index (χ2n) is 4.97. The lowest BCUT2D eigenvalue weighted by molar-refractivity contribution is -0.145. The van der Waals surface area contributed by atoms with Crippen LogP contribution in [0.4, 0.5) is 4.39 Å². The fourth-order valence-electron chi connectivity index (χ4n) is 1.96. The van der Waals surface area contributed by atoms with Gasteiger partial charge in [0.15, 0.2) is 5.78 Å².